The summed E-state index contributed by atoms with van der Waals surface area (Å²) in [6.45, 7) is 8.98. The average Bonchev–Trinajstić information content (AvgIpc) is 3.24. The van der Waals surface area contributed by atoms with Crippen LogP contribution in [0.2, 0.25) is 0 Å². The van der Waals surface area contributed by atoms with Gasteiger partial charge in [-0.1, -0.05) is 26.0 Å². The molecule has 1 aliphatic heterocycles. The monoisotopic (exact) mass is 493 g/mol. The van der Waals surface area contributed by atoms with Crippen LogP contribution in [0.1, 0.15) is 71.6 Å². The van der Waals surface area contributed by atoms with E-state index >= 15 is 0 Å². The number of carbonyl (C=O) groups is 2. The number of amides is 2. The van der Waals surface area contributed by atoms with Gasteiger partial charge in [0.05, 0.1) is 11.9 Å². The normalized spacial score (nSPS) is 17.9. The zero-order valence-corrected chi connectivity index (χ0v) is 21.2. The van der Waals surface area contributed by atoms with E-state index in [-0.39, 0.29) is 23.7 Å². The third-order valence-corrected chi connectivity index (χ3v) is 7.10. The molecular weight excluding hydrogens is 462 g/mol. The minimum Gasteiger partial charge on any atom is -0.364 e. The smallest absolute Gasteiger partial charge is 0.271 e. The van der Waals surface area contributed by atoms with Gasteiger partial charge >= 0.3 is 0 Å². The van der Waals surface area contributed by atoms with Gasteiger partial charge in [0.1, 0.15) is 10.8 Å². The Morgan fingerprint density at radius 1 is 1.23 bits per heavy atom. The number of benzene rings is 1. The summed E-state index contributed by atoms with van der Waals surface area (Å²) >= 11 is 1.27. The van der Waals surface area contributed by atoms with Crippen molar-refractivity contribution in [1.29, 1.82) is 0 Å². The van der Waals surface area contributed by atoms with Gasteiger partial charge in [-0.2, -0.15) is 4.37 Å². The summed E-state index contributed by atoms with van der Waals surface area (Å²) in [6.07, 6.45) is 3.32. The number of hydrogen-bond acceptors (Lipinski definition) is 8. The summed E-state index contributed by atoms with van der Waals surface area (Å²) < 4.78 is 4.25. The van der Waals surface area contributed by atoms with E-state index in [4.69, 9.17) is 5.73 Å². The first-order chi connectivity index (χ1) is 16.7. The second-order valence-corrected chi connectivity index (χ2v) is 9.99. The summed E-state index contributed by atoms with van der Waals surface area (Å²) in [5.74, 6) is 0.583. The fourth-order valence-corrected chi connectivity index (χ4v) is 4.92. The molecule has 0 radical (unpaired) electrons. The average molecular weight is 494 g/mol. The Hall–Kier alpha value is -3.53. The molecule has 0 saturated carbocycles. The van der Waals surface area contributed by atoms with Crippen molar-refractivity contribution in [2.75, 3.05) is 16.8 Å². The van der Waals surface area contributed by atoms with E-state index in [0.29, 0.717) is 23.1 Å². The van der Waals surface area contributed by atoms with Gasteiger partial charge in [0.25, 0.3) is 11.8 Å². The van der Waals surface area contributed by atoms with Gasteiger partial charge in [-0.3, -0.25) is 9.59 Å². The van der Waals surface area contributed by atoms with Crippen LogP contribution in [0.15, 0.2) is 36.5 Å². The SMILES string of the molecule is Cc1cc(Nc2nc(N3CCC[C@@H](NC(=O)c4ccc(C(C)C)cc4)[C@H]3C)cnc2C(N)=O)sn1. The molecule has 2 atom stereocenters. The standard InChI is InChI=1S/C25H31N7O2S/c1-14(2)17-7-9-18(10-8-17)25(34)28-19-6-5-11-32(16(19)4)20-13-27-22(23(26)33)24(29-20)30-21-12-15(3)31-35-21/h7-10,12-14,16,19H,5-6,11H2,1-4H3,(H2,26,33)(H,28,34)(H,29,30)/t16-,19-/m1/s1. The third kappa shape index (κ3) is 5.59. The van der Waals surface area contributed by atoms with Gasteiger partial charge in [0.2, 0.25) is 0 Å². The first-order valence-corrected chi connectivity index (χ1v) is 12.5. The Bertz CT molecular complexity index is 1210. The third-order valence-electron chi connectivity index (χ3n) is 6.30. The Balaban J connectivity index is 1.52. The van der Waals surface area contributed by atoms with E-state index in [0.717, 1.165) is 30.1 Å². The van der Waals surface area contributed by atoms with Gasteiger partial charge in [-0.05, 0) is 67.9 Å². The second kappa shape index (κ2) is 10.4. The van der Waals surface area contributed by atoms with E-state index in [1.165, 1.54) is 17.1 Å². The first kappa shape index (κ1) is 24.6. The zero-order valence-electron chi connectivity index (χ0n) is 20.4. The second-order valence-electron chi connectivity index (χ2n) is 9.18. The van der Waals surface area contributed by atoms with Gasteiger partial charge in [0, 0.05) is 24.2 Å². The molecule has 1 aromatic carbocycles. The zero-order chi connectivity index (χ0) is 25.1. The highest BCUT2D eigenvalue weighted by Gasteiger charge is 2.31. The predicted molar refractivity (Wildman–Crippen MR) is 139 cm³/mol. The summed E-state index contributed by atoms with van der Waals surface area (Å²) in [5, 5.41) is 7.07. The lowest BCUT2D eigenvalue weighted by molar-refractivity contribution is 0.0923. The molecule has 1 aliphatic rings. The Labute approximate surface area is 209 Å². The quantitative estimate of drug-likeness (QED) is 0.454. The lowest BCUT2D eigenvalue weighted by Gasteiger charge is -2.40. The van der Waals surface area contributed by atoms with Crippen molar-refractivity contribution < 1.29 is 9.59 Å². The molecule has 0 aliphatic carbocycles. The minimum absolute atomic E-state index is 0.0186. The van der Waals surface area contributed by atoms with Crippen molar-refractivity contribution in [2.24, 2.45) is 5.73 Å². The van der Waals surface area contributed by atoms with Gasteiger partial charge < -0.3 is 21.3 Å². The molecule has 184 valence electrons. The number of anilines is 3. The van der Waals surface area contributed by atoms with Crippen molar-refractivity contribution in [3.8, 4) is 0 Å². The fraction of sp³-hybridized carbons (Fsp3) is 0.400. The van der Waals surface area contributed by atoms with E-state index in [2.05, 4.69) is 50.6 Å². The highest BCUT2D eigenvalue weighted by atomic mass is 32.1. The van der Waals surface area contributed by atoms with Crippen molar-refractivity contribution in [2.45, 2.75) is 58.5 Å². The number of nitrogens with two attached hydrogens (primary N) is 1. The van der Waals surface area contributed by atoms with Crippen LogP contribution in [0, 0.1) is 6.92 Å². The molecule has 9 nitrogen and oxygen atoms in total. The maximum Gasteiger partial charge on any atom is 0.271 e. The van der Waals surface area contributed by atoms with Gasteiger partial charge in [0.15, 0.2) is 11.5 Å². The van der Waals surface area contributed by atoms with Gasteiger partial charge in [-0.25, -0.2) is 9.97 Å². The maximum absolute atomic E-state index is 12.9. The van der Waals surface area contributed by atoms with Crippen LogP contribution >= 0.6 is 11.5 Å². The van der Waals surface area contributed by atoms with Crippen molar-refractivity contribution in [1.82, 2.24) is 19.7 Å². The minimum atomic E-state index is -0.659. The summed E-state index contributed by atoms with van der Waals surface area (Å²) in [6, 6.07) is 9.56. The lowest BCUT2D eigenvalue weighted by Crippen LogP contribution is -2.54. The van der Waals surface area contributed by atoms with Crippen molar-refractivity contribution >= 4 is 40.0 Å². The number of piperidine rings is 1. The lowest BCUT2D eigenvalue weighted by atomic mass is 9.96. The number of nitrogens with zero attached hydrogens (tertiary/aromatic N) is 4. The van der Waals surface area contributed by atoms with E-state index < -0.39 is 5.91 Å². The molecule has 2 amide bonds. The van der Waals surface area contributed by atoms with E-state index in [1.54, 1.807) is 6.20 Å². The van der Waals surface area contributed by atoms with Crippen LogP contribution in [0.5, 0.6) is 0 Å². The van der Waals surface area contributed by atoms with Crippen LogP contribution < -0.4 is 21.3 Å². The van der Waals surface area contributed by atoms with Crippen molar-refractivity contribution in [3.63, 3.8) is 0 Å². The number of aryl methyl sites for hydroxylation is 1. The molecule has 35 heavy (non-hydrogen) atoms. The number of rotatable bonds is 7. The molecule has 4 N–H and O–H groups in total. The number of carbonyl (C=O) groups excluding carboxylic acids is 2. The Kier molecular flexibility index (Phi) is 7.30. The van der Waals surface area contributed by atoms with Crippen LogP contribution in [0.25, 0.3) is 0 Å². The molecule has 4 rings (SSSR count). The summed E-state index contributed by atoms with van der Waals surface area (Å²) in [7, 11) is 0. The van der Waals surface area contributed by atoms with Gasteiger partial charge in [-0.15, -0.1) is 0 Å². The van der Waals surface area contributed by atoms with Crippen LogP contribution in [-0.4, -0.2) is 44.8 Å². The van der Waals surface area contributed by atoms with Crippen LogP contribution in [-0.2, 0) is 0 Å². The number of hydrogen-bond donors (Lipinski definition) is 3. The molecule has 10 heteroatoms. The Morgan fingerprint density at radius 2 is 1.97 bits per heavy atom. The number of nitrogens with one attached hydrogen (secondary N) is 2. The highest BCUT2D eigenvalue weighted by Crippen LogP contribution is 2.28. The Morgan fingerprint density at radius 3 is 2.60 bits per heavy atom. The van der Waals surface area contributed by atoms with Crippen LogP contribution in [0.4, 0.5) is 16.6 Å². The predicted octanol–water partition coefficient (Wildman–Crippen LogP) is 3.99. The first-order valence-electron chi connectivity index (χ1n) is 11.8. The van der Waals surface area contributed by atoms with Crippen LogP contribution in [0.3, 0.4) is 0 Å². The topological polar surface area (TPSA) is 126 Å². The molecule has 1 saturated heterocycles. The van der Waals surface area contributed by atoms with Crippen molar-refractivity contribution in [3.05, 3.63) is 59.0 Å². The molecule has 2 aromatic heterocycles. The fourth-order valence-electron chi connectivity index (χ4n) is 4.26. The molecule has 1 fully saturated rings. The number of primary amides is 1. The number of aromatic nitrogens is 3. The molecular formula is C25H31N7O2S. The highest BCUT2D eigenvalue weighted by molar-refractivity contribution is 7.10. The molecule has 3 heterocycles. The molecule has 0 bridgehead atoms. The molecule has 0 unspecified atom stereocenters. The summed E-state index contributed by atoms with van der Waals surface area (Å²) in [5.41, 5.74) is 8.32. The molecule has 0 spiro atoms. The maximum atomic E-state index is 12.9. The largest absolute Gasteiger partial charge is 0.364 e. The molecule has 3 aromatic rings. The van der Waals surface area contributed by atoms with E-state index in [1.807, 2.05) is 37.3 Å². The van der Waals surface area contributed by atoms with E-state index in [9.17, 15) is 9.59 Å². The summed E-state index contributed by atoms with van der Waals surface area (Å²) in [4.78, 5) is 36.0.